The number of imidazole rings is 1. The first kappa shape index (κ1) is 18.4. The van der Waals surface area contributed by atoms with E-state index in [1.807, 2.05) is 10.5 Å². The van der Waals surface area contributed by atoms with Crippen LogP contribution in [-0.2, 0) is 4.74 Å². The van der Waals surface area contributed by atoms with Gasteiger partial charge in [0.1, 0.15) is 17.2 Å². The molecule has 0 amide bonds. The molecule has 29 heavy (non-hydrogen) atoms. The van der Waals surface area contributed by atoms with Gasteiger partial charge in [0.05, 0.1) is 6.20 Å². The summed E-state index contributed by atoms with van der Waals surface area (Å²) < 4.78 is 7.50. The monoisotopic (exact) mass is 394 g/mol. The van der Waals surface area contributed by atoms with Crippen LogP contribution in [0.25, 0.3) is 5.52 Å². The van der Waals surface area contributed by atoms with E-state index >= 15 is 0 Å². The topological polar surface area (TPSA) is 97.2 Å². The first-order chi connectivity index (χ1) is 14.2. The number of nitrogens with zero attached hydrogens (tertiary/aromatic N) is 4. The van der Waals surface area contributed by atoms with E-state index in [9.17, 15) is 4.79 Å². The van der Waals surface area contributed by atoms with Crippen molar-refractivity contribution in [3.05, 3.63) is 58.6 Å². The number of rotatable bonds is 4. The molecule has 0 bridgehead atoms. The van der Waals surface area contributed by atoms with Gasteiger partial charge in [-0.15, -0.1) is 0 Å². The third-order valence-corrected chi connectivity index (χ3v) is 6.47. The fraction of sp³-hybridized carbons (Fsp3) is 0.524. The van der Waals surface area contributed by atoms with Crippen LogP contribution in [0, 0.1) is 5.92 Å². The molecule has 2 saturated heterocycles. The average molecular weight is 394 g/mol. The first-order valence-corrected chi connectivity index (χ1v) is 10.4. The lowest BCUT2D eigenvalue weighted by molar-refractivity contribution is 0.0835. The van der Waals surface area contributed by atoms with Crippen molar-refractivity contribution in [1.82, 2.24) is 29.7 Å². The van der Waals surface area contributed by atoms with Gasteiger partial charge in [0.15, 0.2) is 0 Å². The Morgan fingerprint density at radius 3 is 2.76 bits per heavy atom. The van der Waals surface area contributed by atoms with Crippen molar-refractivity contribution in [2.45, 2.75) is 37.5 Å². The minimum Gasteiger partial charge on any atom is -0.381 e. The Morgan fingerprint density at radius 1 is 1.17 bits per heavy atom. The molecule has 5 rings (SSSR count). The second-order valence-electron chi connectivity index (χ2n) is 8.12. The van der Waals surface area contributed by atoms with Crippen molar-refractivity contribution in [1.29, 1.82) is 0 Å². The Labute approximate surface area is 168 Å². The SMILES string of the molecule is C[C@H](c1ncccn1)[C@H]1CNC[C@H]1c1cn2c(C3CCOCC3)ncc2c(=O)[nH]1. The van der Waals surface area contributed by atoms with Gasteiger partial charge in [-0.05, 0) is 31.4 Å². The number of fused-ring (bicyclic) bond motifs is 1. The molecule has 0 radical (unpaired) electrons. The molecule has 5 heterocycles. The first-order valence-electron chi connectivity index (χ1n) is 10.4. The number of ether oxygens (including phenoxy) is 1. The van der Waals surface area contributed by atoms with Gasteiger partial charge >= 0.3 is 0 Å². The van der Waals surface area contributed by atoms with Gasteiger partial charge in [0.25, 0.3) is 5.56 Å². The maximum atomic E-state index is 12.8. The van der Waals surface area contributed by atoms with E-state index in [2.05, 4.69) is 38.4 Å². The molecule has 2 N–H and O–H groups in total. The van der Waals surface area contributed by atoms with Crippen LogP contribution in [0.15, 0.2) is 35.6 Å². The quantitative estimate of drug-likeness (QED) is 0.701. The number of H-pyrrole nitrogens is 1. The van der Waals surface area contributed by atoms with E-state index in [-0.39, 0.29) is 17.4 Å². The summed E-state index contributed by atoms with van der Waals surface area (Å²) in [6, 6.07) is 1.84. The van der Waals surface area contributed by atoms with Crippen molar-refractivity contribution in [3.63, 3.8) is 0 Å². The summed E-state index contributed by atoms with van der Waals surface area (Å²) in [7, 11) is 0. The van der Waals surface area contributed by atoms with E-state index < -0.39 is 0 Å². The third-order valence-electron chi connectivity index (χ3n) is 6.47. The average Bonchev–Trinajstić information content (AvgIpc) is 3.42. The molecule has 2 aliphatic heterocycles. The lowest BCUT2D eigenvalue weighted by atomic mass is 9.82. The van der Waals surface area contributed by atoms with Gasteiger partial charge in [-0.3, -0.25) is 9.20 Å². The highest BCUT2D eigenvalue weighted by atomic mass is 16.5. The normalized spacial score (nSPS) is 24.2. The predicted molar refractivity (Wildman–Crippen MR) is 108 cm³/mol. The van der Waals surface area contributed by atoms with Crippen LogP contribution in [0.2, 0.25) is 0 Å². The highest BCUT2D eigenvalue weighted by Gasteiger charge is 2.35. The van der Waals surface area contributed by atoms with Crippen molar-refractivity contribution in [2.75, 3.05) is 26.3 Å². The summed E-state index contributed by atoms with van der Waals surface area (Å²) in [6.07, 6.45) is 9.23. The lowest BCUT2D eigenvalue weighted by Gasteiger charge is -2.24. The van der Waals surface area contributed by atoms with Crippen LogP contribution in [-0.4, -0.2) is 50.6 Å². The fourth-order valence-corrected chi connectivity index (χ4v) is 4.79. The maximum Gasteiger partial charge on any atom is 0.274 e. The molecule has 3 atom stereocenters. The van der Waals surface area contributed by atoms with Gasteiger partial charge in [-0.25, -0.2) is 15.0 Å². The molecule has 2 aliphatic rings. The third kappa shape index (κ3) is 3.36. The molecule has 8 nitrogen and oxygen atoms in total. The van der Waals surface area contributed by atoms with Crippen molar-refractivity contribution < 1.29 is 4.74 Å². The van der Waals surface area contributed by atoms with E-state index in [0.717, 1.165) is 56.5 Å². The summed E-state index contributed by atoms with van der Waals surface area (Å²) >= 11 is 0. The Morgan fingerprint density at radius 2 is 1.97 bits per heavy atom. The number of hydrogen-bond donors (Lipinski definition) is 2. The predicted octanol–water partition coefficient (Wildman–Crippen LogP) is 1.81. The lowest BCUT2D eigenvalue weighted by Crippen LogP contribution is -2.24. The largest absolute Gasteiger partial charge is 0.381 e. The number of hydrogen-bond acceptors (Lipinski definition) is 6. The van der Waals surface area contributed by atoms with Crippen LogP contribution < -0.4 is 10.9 Å². The fourth-order valence-electron chi connectivity index (χ4n) is 4.79. The smallest absolute Gasteiger partial charge is 0.274 e. The van der Waals surface area contributed by atoms with Crippen molar-refractivity contribution in [2.24, 2.45) is 5.92 Å². The van der Waals surface area contributed by atoms with Crippen LogP contribution in [0.5, 0.6) is 0 Å². The molecule has 8 heteroatoms. The number of nitrogens with one attached hydrogen (secondary N) is 2. The van der Waals surface area contributed by atoms with E-state index in [1.165, 1.54) is 0 Å². The summed E-state index contributed by atoms with van der Waals surface area (Å²) in [4.78, 5) is 29.4. The number of aromatic amines is 1. The summed E-state index contributed by atoms with van der Waals surface area (Å²) in [5.74, 6) is 2.83. The minimum absolute atomic E-state index is 0.0810. The van der Waals surface area contributed by atoms with E-state index in [4.69, 9.17) is 4.74 Å². The van der Waals surface area contributed by atoms with Gasteiger partial charge in [0.2, 0.25) is 0 Å². The molecule has 0 saturated carbocycles. The highest BCUT2D eigenvalue weighted by molar-refractivity contribution is 5.45. The Kier molecular flexibility index (Phi) is 4.89. The Balaban J connectivity index is 1.51. The molecular weight excluding hydrogens is 368 g/mol. The standard InChI is InChI=1S/C21H26N6O2/c1-13(19-23-5-2-6-24-19)15-9-22-10-16(15)17-12-27-18(21(28)26-17)11-25-20(27)14-3-7-29-8-4-14/h2,5-6,11-16,22H,3-4,7-10H2,1H3,(H,26,28)/t13-,15+,16+/m0/s1. The van der Waals surface area contributed by atoms with Gasteiger partial charge in [0, 0.05) is 61.8 Å². The van der Waals surface area contributed by atoms with Crippen molar-refractivity contribution >= 4 is 5.52 Å². The second-order valence-corrected chi connectivity index (χ2v) is 8.12. The second kappa shape index (κ2) is 7.68. The molecule has 3 aromatic heterocycles. The van der Waals surface area contributed by atoms with Gasteiger partial charge in [-0.2, -0.15) is 0 Å². The molecule has 0 aliphatic carbocycles. The zero-order chi connectivity index (χ0) is 19.8. The molecule has 0 unspecified atom stereocenters. The Bertz CT molecular complexity index is 1040. The van der Waals surface area contributed by atoms with Crippen LogP contribution in [0.3, 0.4) is 0 Å². The summed E-state index contributed by atoms with van der Waals surface area (Å²) in [6.45, 7) is 5.37. The van der Waals surface area contributed by atoms with E-state index in [1.54, 1.807) is 18.6 Å². The molecule has 0 spiro atoms. The molecule has 3 aromatic rings. The van der Waals surface area contributed by atoms with Crippen molar-refractivity contribution in [3.8, 4) is 0 Å². The zero-order valence-corrected chi connectivity index (χ0v) is 16.5. The van der Waals surface area contributed by atoms with Gasteiger partial charge < -0.3 is 15.0 Å². The van der Waals surface area contributed by atoms with E-state index in [0.29, 0.717) is 17.4 Å². The van der Waals surface area contributed by atoms with Crippen LogP contribution in [0.4, 0.5) is 0 Å². The molecule has 2 fully saturated rings. The van der Waals surface area contributed by atoms with Crippen LogP contribution >= 0.6 is 0 Å². The minimum atomic E-state index is -0.0810. The molecule has 0 aromatic carbocycles. The maximum absolute atomic E-state index is 12.8. The molecule has 152 valence electrons. The number of aromatic nitrogens is 5. The molecular formula is C21H26N6O2. The van der Waals surface area contributed by atoms with Gasteiger partial charge in [-0.1, -0.05) is 6.92 Å². The summed E-state index contributed by atoms with van der Waals surface area (Å²) in [5, 5.41) is 3.49. The van der Waals surface area contributed by atoms with Crippen LogP contribution in [0.1, 0.15) is 54.9 Å². The Hall–Kier alpha value is -2.58. The highest BCUT2D eigenvalue weighted by Crippen LogP contribution is 2.36. The summed E-state index contributed by atoms with van der Waals surface area (Å²) in [5.41, 5.74) is 1.48. The zero-order valence-electron chi connectivity index (χ0n) is 16.5.